The van der Waals surface area contributed by atoms with Crippen LogP contribution in [0.2, 0.25) is 0 Å². The fourth-order valence-electron chi connectivity index (χ4n) is 3.06. The van der Waals surface area contributed by atoms with E-state index < -0.39 is 30.7 Å². The van der Waals surface area contributed by atoms with Gasteiger partial charge in [-0.3, -0.25) is 9.11 Å². The molecule has 3 N–H and O–H groups in total. The Morgan fingerprint density at radius 2 is 1.03 bits per heavy atom. The van der Waals surface area contributed by atoms with E-state index >= 15 is 0 Å². The van der Waals surface area contributed by atoms with Gasteiger partial charge >= 0.3 is 0 Å². The molecule has 0 spiro atoms. The van der Waals surface area contributed by atoms with Crippen molar-refractivity contribution in [1.82, 2.24) is 5.32 Å². The van der Waals surface area contributed by atoms with E-state index in [9.17, 15) is 25.9 Å². The first-order chi connectivity index (χ1) is 15.5. The summed E-state index contributed by atoms with van der Waals surface area (Å²) in [6.45, 7) is 4.58. The van der Waals surface area contributed by atoms with Crippen LogP contribution in [0.25, 0.3) is 0 Å². The first-order valence-electron chi connectivity index (χ1n) is 10.4. The zero-order valence-corrected chi connectivity index (χ0v) is 20.3. The van der Waals surface area contributed by atoms with Gasteiger partial charge in [-0.2, -0.15) is 16.8 Å². The summed E-state index contributed by atoms with van der Waals surface area (Å²) in [5.41, 5.74) is 2.85. The number of rotatable bonds is 14. The smallest absolute Gasteiger partial charge is 0.274 e. The Balaban J connectivity index is 1.69. The highest BCUT2D eigenvalue weighted by Gasteiger charge is 2.26. The molecule has 0 saturated carbocycles. The Labute approximate surface area is 195 Å². The Kier molecular flexibility index (Phi) is 10.4. The van der Waals surface area contributed by atoms with Crippen LogP contribution in [0.5, 0.6) is 0 Å². The lowest BCUT2D eigenvalue weighted by Gasteiger charge is -2.16. The Bertz CT molecular complexity index is 981. The van der Waals surface area contributed by atoms with E-state index in [2.05, 4.69) is 5.32 Å². The maximum absolute atomic E-state index is 11.7. The first kappa shape index (κ1) is 27.4. The Morgan fingerprint density at radius 1 is 0.697 bits per heavy atom. The predicted molar refractivity (Wildman–Crippen MR) is 125 cm³/mol. The third kappa shape index (κ3) is 9.49. The molecule has 2 aromatic carbocycles. The van der Waals surface area contributed by atoms with Gasteiger partial charge in [-0.15, -0.1) is 0 Å². The van der Waals surface area contributed by atoms with Gasteiger partial charge in [0.05, 0.1) is 26.4 Å². The molecule has 2 aromatic rings. The molecule has 0 heterocycles. The molecule has 0 aliphatic rings. The van der Waals surface area contributed by atoms with Crippen LogP contribution in [0, 0.1) is 13.8 Å². The largest absolute Gasteiger partial charge is 0.378 e. The van der Waals surface area contributed by atoms with Crippen molar-refractivity contribution in [3.63, 3.8) is 0 Å². The minimum absolute atomic E-state index is 0.188. The molecule has 0 aliphatic heterocycles. The number of ether oxygens (including phenoxy) is 2. The molecule has 0 saturated heterocycles. The summed E-state index contributed by atoms with van der Waals surface area (Å²) in [4.78, 5) is 0. The maximum atomic E-state index is 11.7. The molecule has 0 aliphatic carbocycles. The van der Waals surface area contributed by atoms with Crippen LogP contribution in [0.3, 0.4) is 0 Å². The number of aryl methyl sites for hydroxylation is 2. The minimum Gasteiger partial charge on any atom is -0.378 e. The predicted octanol–water partition coefficient (Wildman–Crippen LogP) is 2.48. The van der Waals surface area contributed by atoms with Crippen molar-refractivity contribution >= 4 is 20.2 Å². The van der Waals surface area contributed by atoms with Crippen LogP contribution < -0.4 is 5.32 Å². The van der Waals surface area contributed by atoms with Crippen molar-refractivity contribution in [1.29, 1.82) is 0 Å². The Morgan fingerprint density at radius 3 is 1.33 bits per heavy atom. The summed E-state index contributed by atoms with van der Waals surface area (Å²) in [5.74, 6) is 0. The molecule has 2 rings (SSSR count). The summed E-state index contributed by atoms with van der Waals surface area (Å²) in [7, 11) is -8.63. The summed E-state index contributed by atoms with van der Waals surface area (Å²) in [5, 5.41) is 0.699. The van der Waals surface area contributed by atoms with Crippen LogP contribution in [0.1, 0.15) is 32.8 Å². The molecule has 0 aromatic heterocycles. The second-order valence-electron chi connectivity index (χ2n) is 7.73. The van der Waals surface area contributed by atoms with E-state index in [1.54, 1.807) is 48.5 Å². The average molecular weight is 502 g/mol. The monoisotopic (exact) mass is 501 g/mol. The minimum atomic E-state index is -4.32. The average Bonchev–Trinajstić information content (AvgIpc) is 2.72. The quantitative estimate of drug-likeness (QED) is 0.263. The molecule has 0 bridgehead atoms. The van der Waals surface area contributed by atoms with Crippen LogP contribution in [-0.2, 0) is 29.7 Å². The lowest BCUT2D eigenvalue weighted by molar-refractivity contribution is 0.119. The highest BCUT2D eigenvalue weighted by atomic mass is 32.2. The van der Waals surface area contributed by atoms with Crippen molar-refractivity contribution < 1.29 is 35.4 Å². The number of hydrogen-bond acceptors (Lipinski definition) is 7. The van der Waals surface area contributed by atoms with Gasteiger partial charge in [0.1, 0.15) is 10.5 Å². The SMILES string of the molecule is Cc1ccc(C(COCCNCCOCC(c2ccc(C)cc2)S(=O)(=O)O)S(=O)(=O)O)cc1. The van der Waals surface area contributed by atoms with Crippen molar-refractivity contribution in [2.24, 2.45) is 0 Å². The fraction of sp³-hybridized carbons (Fsp3) is 0.455. The number of nitrogens with one attached hydrogen (secondary N) is 1. The normalized spacial score (nSPS) is 14.2. The summed E-state index contributed by atoms with van der Waals surface area (Å²) >= 11 is 0. The summed E-state index contributed by atoms with van der Waals surface area (Å²) < 4.78 is 76.5. The second-order valence-corrected chi connectivity index (χ2v) is 10.9. The van der Waals surface area contributed by atoms with Crippen molar-refractivity contribution in [2.75, 3.05) is 39.5 Å². The third-order valence-electron chi connectivity index (χ3n) is 5.00. The van der Waals surface area contributed by atoms with Gasteiger partial charge in [0.2, 0.25) is 0 Å². The zero-order chi connectivity index (χ0) is 24.5. The van der Waals surface area contributed by atoms with Gasteiger partial charge < -0.3 is 14.8 Å². The van der Waals surface area contributed by atoms with E-state index in [1.165, 1.54) is 0 Å². The van der Waals surface area contributed by atoms with Gasteiger partial charge in [0, 0.05) is 13.1 Å². The molecular formula is C22H31NO8S2. The Hall–Kier alpha value is -1.86. The van der Waals surface area contributed by atoms with Crippen molar-refractivity contribution in [2.45, 2.75) is 24.3 Å². The summed E-state index contributed by atoms with van der Waals surface area (Å²) in [6, 6.07) is 13.6. The molecular weight excluding hydrogens is 470 g/mol. The summed E-state index contributed by atoms with van der Waals surface area (Å²) in [6.07, 6.45) is 0. The molecule has 2 unspecified atom stereocenters. The first-order valence-corrected chi connectivity index (χ1v) is 13.4. The van der Waals surface area contributed by atoms with E-state index in [1.807, 2.05) is 13.8 Å². The molecule has 2 atom stereocenters. The van der Waals surface area contributed by atoms with Crippen molar-refractivity contribution in [3.05, 3.63) is 70.8 Å². The van der Waals surface area contributed by atoms with E-state index in [4.69, 9.17) is 9.47 Å². The number of benzene rings is 2. The molecule has 0 amide bonds. The second kappa shape index (κ2) is 12.6. The molecule has 0 radical (unpaired) electrons. The van der Waals surface area contributed by atoms with Gasteiger partial charge in [0.15, 0.2) is 0 Å². The molecule has 11 heteroatoms. The molecule has 0 fully saturated rings. The van der Waals surface area contributed by atoms with Crippen LogP contribution in [0.15, 0.2) is 48.5 Å². The van der Waals surface area contributed by atoms with E-state index in [0.29, 0.717) is 24.2 Å². The van der Waals surface area contributed by atoms with Gasteiger partial charge in [-0.25, -0.2) is 0 Å². The number of hydrogen-bond donors (Lipinski definition) is 3. The van der Waals surface area contributed by atoms with Crippen molar-refractivity contribution in [3.8, 4) is 0 Å². The van der Waals surface area contributed by atoms with E-state index in [-0.39, 0.29) is 26.4 Å². The standard InChI is InChI=1S/C22H31NO8S2/c1-17-3-7-19(8-4-17)21(32(24,25)26)15-30-13-11-23-12-14-31-16-22(33(27,28)29)20-9-5-18(2)6-10-20/h3-10,21-23H,11-16H2,1-2H3,(H,24,25,26)(H,27,28,29). The highest BCUT2D eigenvalue weighted by molar-refractivity contribution is 7.86. The topological polar surface area (TPSA) is 139 Å². The third-order valence-corrected chi connectivity index (χ3v) is 7.26. The van der Waals surface area contributed by atoms with Gasteiger partial charge in [-0.05, 0) is 25.0 Å². The van der Waals surface area contributed by atoms with Gasteiger partial charge in [0.25, 0.3) is 20.2 Å². The molecule has 9 nitrogen and oxygen atoms in total. The zero-order valence-electron chi connectivity index (χ0n) is 18.7. The maximum Gasteiger partial charge on any atom is 0.274 e. The van der Waals surface area contributed by atoms with Gasteiger partial charge in [-0.1, -0.05) is 59.7 Å². The highest BCUT2D eigenvalue weighted by Crippen LogP contribution is 2.23. The fourth-order valence-corrected chi connectivity index (χ4v) is 4.60. The van der Waals surface area contributed by atoms with E-state index in [0.717, 1.165) is 11.1 Å². The van der Waals surface area contributed by atoms with Crippen LogP contribution in [0.4, 0.5) is 0 Å². The molecule has 33 heavy (non-hydrogen) atoms. The lowest BCUT2D eigenvalue weighted by Crippen LogP contribution is -2.27. The molecule has 184 valence electrons. The lowest BCUT2D eigenvalue weighted by atomic mass is 10.1. The van der Waals surface area contributed by atoms with Crippen LogP contribution >= 0.6 is 0 Å². The van der Waals surface area contributed by atoms with Crippen LogP contribution in [-0.4, -0.2) is 65.5 Å².